The van der Waals surface area contributed by atoms with Gasteiger partial charge in [0.2, 0.25) is 0 Å². The van der Waals surface area contributed by atoms with Crippen molar-refractivity contribution >= 4 is 5.91 Å². The summed E-state index contributed by atoms with van der Waals surface area (Å²) in [5, 5.41) is 9.78. The van der Waals surface area contributed by atoms with Gasteiger partial charge >= 0.3 is 0 Å². The molecule has 118 valence electrons. The van der Waals surface area contributed by atoms with E-state index in [-0.39, 0.29) is 5.91 Å². The number of carbonyl (C=O) groups excluding carboxylic acids is 1. The van der Waals surface area contributed by atoms with Gasteiger partial charge in [-0.2, -0.15) is 5.10 Å². The van der Waals surface area contributed by atoms with Crippen LogP contribution in [0.15, 0.2) is 42.9 Å². The smallest absolute Gasteiger partial charge is 0.269 e. The second kappa shape index (κ2) is 6.78. The maximum atomic E-state index is 12.1. The van der Waals surface area contributed by atoms with Crippen molar-refractivity contribution in [1.82, 2.24) is 25.5 Å². The van der Waals surface area contributed by atoms with E-state index in [0.717, 1.165) is 17.0 Å². The van der Waals surface area contributed by atoms with E-state index in [1.54, 1.807) is 25.7 Å². The lowest BCUT2D eigenvalue weighted by molar-refractivity contribution is 0.0949. The molecular formula is C16H17N5O2. The van der Waals surface area contributed by atoms with Crippen LogP contribution in [-0.2, 0) is 6.42 Å². The van der Waals surface area contributed by atoms with Gasteiger partial charge in [0.25, 0.3) is 5.91 Å². The Hall–Kier alpha value is -3.09. The number of hydrogen-bond acceptors (Lipinski definition) is 4. The molecule has 3 rings (SSSR count). The summed E-state index contributed by atoms with van der Waals surface area (Å²) in [5.41, 5.74) is 3.04. The standard InChI is InChI=1S/C16H17N5O2/c1-23-13-4-2-11(3-5-13)14-8-15(21-20-14)16(22)18-7-6-12-9-17-10-19-12/h2-5,8-10H,6-7H2,1H3,(H,17,19)(H,18,22)(H,20,21). The lowest BCUT2D eigenvalue weighted by Crippen LogP contribution is -2.26. The van der Waals surface area contributed by atoms with Gasteiger partial charge in [-0.1, -0.05) is 0 Å². The predicted octanol–water partition coefficient (Wildman–Crippen LogP) is 1.78. The Morgan fingerprint density at radius 1 is 1.30 bits per heavy atom. The van der Waals surface area contributed by atoms with E-state index in [1.807, 2.05) is 24.3 Å². The van der Waals surface area contributed by atoms with E-state index in [0.29, 0.717) is 24.4 Å². The first-order valence-electron chi connectivity index (χ1n) is 7.21. The van der Waals surface area contributed by atoms with Crippen molar-refractivity contribution in [1.29, 1.82) is 0 Å². The number of nitrogens with zero attached hydrogens (tertiary/aromatic N) is 2. The number of ether oxygens (including phenoxy) is 1. The average Bonchev–Trinajstić information content (AvgIpc) is 3.26. The molecular weight excluding hydrogens is 294 g/mol. The summed E-state index contributed by atoms with van der Waals surface area (Å²) in [6.07, 6.45) is 4.06. The first kappa shape index (κ1) is 14.8. The molecule has 2 heterocycles. The van der Waals surface area contributed by atoms with Crippen LogP contribution in [-0.4, -0.2) is 39.7 Å². The molecule has 0 unspecified atom stereocenters. The van der Waals surface area contributed by atoms with Gasteiger partial charge in [0, 0.05) is 30.4 Å². The highest BCUT2D eigenvalue weighted by Crippen LogP contribution is 2.21. The molecule has 0 atom stereocenters. The van der Waals surface area contributed by atoms with Gasteiger partial charge in [0.05, 0.1) is 19.1 Å². The molecule has 2 aromatic heterocycles. The predicted molar refractivity (Wildman–Crippen MR) is 85.2 cm³/mol. The number of rotatable bonds is 6. The number of H-pyrrole nitrogens is 2. The van der Waals surface area contributed by atoms with Gasteiger partial charge in [0.15, 0.2) is 0 Å². The maximum absolute atomic E-state index is 12.1. The molecule has 0 saturated heterocycles. The third-order valence-electron chi connectivity index (χ3n) is 3.44. The highest BCUT2D eigenvalue weighted by molar-refractivity contribution is 5.93. The number of nitrogens with one attached hydrogen (secondary N) is 3. The molecule has 23 heavy (non-hydrogen) atoms. The van der Waals surface area contributed by atoms with Gasteiger partial charge in [-0.25, -0.2) is 4.98 Å². The zero-order valence-electron chi connectivity index (χ0n) is 12.7. The van der Waals surface area contributed by atoms with Crippen LogP contribution in [0.25, 0.3) is 11.3 Å². The minimum absolute atomic E-state index is 0.184. The second-order valence-corrected chi connectivity index (χ2v) is 4.98. The van der Waals surface area contributed by atoms with Gasteiger partial charge in [-0.15, -0.1) is 0 Å². The fourth-order valence-corrected chi connectivity index (χ4v) is 2.18. The SMILES string of the molecule is COc1ccc(-c2cc(C(=O)NCCc3cnc[nH]3)[nH]n2)cc1. The number of methoxy groups -OCH3 is 1. The Kier molecular flexibility index (Phi) is 4.37. The molecule has 0 bridgehead atoms. The number of benzene rings is 1. The first-order valence-corrected chi connectivity index (χ1v) is 7.21. The van der Waals surface area contributed by atoms with E-state index in [2.05, 4.69) is 25.5 Å². The molecule has 7 heteroatoms. The highest BCUT2D eigenvalue weighted by atomic mass is 16.5. The number of hydrogen-bond donors (Lipinski definition) is 3. The summed E-state index contributed by atoms with van der Waals surface area (Å²) in [7, 11) is 1.62. The number of aromatic nitrogens is 4. The monoisotopic (exact) mass is 311 g/mol. The summed E-state index contributed by atoms with van der Waals surface area (Å²) in [6, 6.07) is 9.24. The van der Waals surface area contributed by atoms with Crippen LogP contribution >= 0.6 is 0 Å². The normalized spacial score (nSPS) is 10.5. The van der Waals surface area contributed by atoms with Gasteiger partial charge in [0.1, 0.15) is 11.4 Å². The van der Waals surface area contributed by atoms with Crippen LogP contribution in [0.4, 0.5) is 0 Å². The molecule has 7 nitrogen and oxygen atoms in total. The fraction of sp³-hybridized carbons (Fsp3) is 0.188. The molecule has 1 amide bonds. The molecule has 0 saturated carbocycles. The lowest BCUT2D eigenvalue weighted by Gasteiger charge is -2.01. The maximum Gasteiger partial charge on any atom is 0.269 e. The largest absolute Gasteiger partial charge is 0.497 e. The van der Waals surface area contributed by atoms with Crippen molar-refractivity contribution in [3.8, 4) is 17.0 Å². The van der Waals surface area contributed by atoms with Crippen LogP contribution in [0, 0.1) is 0 Å². The average molecular weight is 311 g/mol. The van der Waals surface area contributed by atoms with Crippen LogP contribution in [0.2, 0.25) is 0 Å². The topological polar surface area (TPSA) is 95.7 Å². The second-order valence-electron chi connectivity index (χ2n) is 4.98. The molecule has 0 aliphatic carbocycles. The summed E-state index contributed by atoms with van der Waals surface area (Å²) < 4.78 is 5.12. The first-order chi connectivity index (χ1) is 11.3. The third kappa shape index (κ3) is 3.57. The quantitative estimate of drug-likeness (QED) is 0.646. The molecule has 0 radical (unpaired) electrons. The van der Waals surface area contributed by atoms with Crippen LogP contribution in [0.1, 0.15) is 16.2 Å². The molecule has 0 fully saturated rings. The van der Waals surface area contributed by atoms with Crippen molar-refractivity contribution < 1.29 is 9.53 Å². The molecule has 3 N–H and O–H groups in total. The van der Waals surface area contributed by atoms with Crippen molar-refractivity contribution in [2.45, 2.75) is 6.42 Å². The van der Waals surface area contributed by atoms with Crippen molar-refractivity contribution in [3.63, 3.8) is 0 Å². The van der Waals surface area contributed by atoms with Crippen LogP contribution in [0.3, 0.4) is 0 Å². The van der Waals surface area contributed by atoms with Crippen LogP contribution < -0.4 is 10.1 Å². The fourth-order valence-electron chi connectivity index (χ4n) is 2.18. The molecule has 0 aliphatic heterocycles. The number of amides is 1. The molecule has 1 aromatic carbocycles. The third-order valence-corrected chi connectivity index (χ3v) is 3.44. The summed E-state index contributed by atoms with van der Waals surface area (Å²) >= 11 is 0. The minimum atomic E-state index is -0.184. The minimum Gasteiger partial charge on any atom is -0.497 e. The van der Waals surface area contributed by atoms with Crippen molar-refractivity contribution in [3.05, 3.63) is 54.2 Å². The van der Waals surface area contributed by atoms with Gasteiger partial charge < -0.3 is 15.0 Å². The Labute approximate surface area is 133 Å². The number of carbonyl (C=O) groups is 1. The lowest BCUT2D eigenvalue weighted by atomic mass is 10.1. The molecule has 0 aliphatic rings. The van der Waals surface area contributed by atoms with E-state index in [1.165, 1.54) is 0 Å². The Morgan fingerprint density at radius 2 is 2.13 bits per heavy atom. The zero-order valence-corrected chi connectivity index (χ0v) is 12.7. The van der Waals surface area contributed by atoms with E-state index < -0.39 is 0 Å². The van der Waals surface area contributed by atoms with E-state index in [9.17, 15) is 4.79 Å². The van der Waals surface area contributed by atoms with Crippen molar-refractivity contribution in [2.24, 2.45) is 0 Å². The van der Waals surface area contributed by atoms with Gasteiger partial charge in [-0.3, -0.25) is 9.89 Å². The number of aromatic amines is 2. The highest BCUT2D eigenvalue weighted by Gasteiger charge is 2.10. The Balaban J connectivity index is 1.60. The van der Waals surface area contributed by atoms with E-state index in [4.69, 9.17) is 4.74 Å². The Bertz CT molecular complexity index is 762. The van der Waals surface area contributed by atoms with Crippen molar-refractivity contribution in [2.75, 3.05) is 13.7 Å². The zero-order chi connectivity index (χ0) is 16.1. The van der Waals surface area contributed by atoms with E-state index >= 15 is 0 Å². The van der Waals surface area contributed by atoms with Crippen LogP contribution in [0.5, 0.6) is 5.75 Å². The number of imidazole rings is 1. The summed E-state index contributed by atoms with van der Waals surface area (Å²) in [5.74, 6) is 0.595. The molecule has 0 spiro atoms. The molecule has 3 aromatic rings. The summed E-state index contributed by atoms with van der Waals surface area (Å²) in [6.45, 7) is 0.526. The Morgan fingerprint density at radius 3 is 2.83 bits per heavy atom. The summed E-state index contributed by atoms with van der Waals surface area (Å²) in [4.78, 5) is 19.0. The van der Waals surface area contributed by atoms with Gasteiger partial charge in [-0.05, 0) is 30.3 Å².